The van der Waals surface area contributed by atoms with Crippen LogP contribution in [0.2, 0.25) is 0 Å². The van der Waals surface area contributed by atoms with E-state index in [2.05, 4.69) is 25.4 Å². The molecular weight excluding hydrogens is 654 g/mol. The number of aromatic hydroxyl groups is 1. The van der Waals surface area contributed by atoms with Crippen LogP contribution in [0.3, 0.4) is 0 Å². The van der Waals surface area contributed by atoms with Crippen molar-refractivity contribution in [1.29, 1.82) is 0 Å². The van der Waals surface area contributed by atoms with Gasteiger partial charge in [-0.25, -0.2) is 4.79 Å². The van der Waals surface area contributed by atoms with E-state index in [0.29, 0.717) is 64.5 Å². The van der Waals surface area contributed by atoms with Crippen molar-refractivity contribution in [1.82, 2.24) is 14.4 Å². The molecule has 1 saturated carbocycles. The number of thioether (sulfide) groups is 1. The number of halogens is 1. The Balaban J connectivity index is 1.35. The normalized spacial score (nSPS) is 20.2. The highest BCUT2D eigenvalue weighted by atomic mass is 79.9. The summed E-state index contributed by atoms with van der Waals surface area (Å²) in [6.07, 6.45) is 1.92. The minimum absolute atomic E-state index is 0.0447. The highest BCUT2D eigenvalue weighted by molar-refractivity contribution is 9.10. The first-order valence-electron chi connectivity index (χ1n) is 14.7. The van der Waals surface area contributed by atoms with Crippen LogP contribution >= 0.6 is 27.7 Å². The van der Waals surface area contributed by atoms with Gasteiger partial charge in [-0.05, 0) is 47.3 Å². The summed E-state index contributed by atoms with van der Waals surface area (Å²) < 4.78 is 27.6. The lowest BCUT2D eigenvalue weighted by Gasteiger charge is -2.27. The zero-order valence-corrected chi connectivity index (χ0v) is 27.3. The summed E-state index contributed by atoms with van der Waals surface area (Å²) in [6, 6.07) is 12.0. The first-order chi connectivity index (χ1) is 20.9. The fourth-order valence-electron chi connectivity index (χ4n) is 6.02. The standard InChI is InChI=1S/C31H36BrN3O6S2/c1-2-41-31(38)28-25(19-43(39)15-12-34-26(36)18-42-30(34)20-6-4-3-5-7-20)35(21-8-9-21)24-16-23(32)29(37)22(27(24)28)17-33-10-13-40-14-11-33/h3-7,16,21,30,37H,2,8-15,17-19H2,1H3. The smallest absolute Gasteiger partial charge is 0.340 e. The molecular formula is C31H36BrN3O6S2. The molecule has 0 radical (unpaired) electrons. The maximum absolute atomic E-state index is 13.8. The maximum atomic E-state index is 13.8. The molecule has 3 fully saturated rings. The molecule has 43 heavy (non-hydrogen) atoms. The van der Waals surface area contributed by atoms with Crippen molar-refractivity contribution in [3.05, 3.63) is 63.3 Å². The minimum Gasteiger partial charge on any atom is -0.506 e. The Morgan fingerprint density at radius 3 is 2.65 bits per heavy atom. The lowest BCUT2D eigenvalue weighted by Crippen LogP contribution is -2.35. The molecule has 9 nitrogen and oxygen atoms in total. The largest absolute Gasteiger partial charge is 0.506 e. The molecule has 6 rings (SSSR count). The Hall–Kier alpha value is -2.38. The summed E-state index contributed by atoms with van der Waals surface area (Å²) in [7, 11) is -1.37. The van der Waals surface area contributed by atoms with Gasteiger partial charge < -0.3 is 24.0 Å². The molecule has 3 heterocycles. The van der Waals surface area contributed by atoms with Crippen molar-refractivity contribution in [2.75, 3.05) is 51.0 Å². The second-order valence-electron chi connectivity index (χ2n) is 11.1. The van der Waals surface area contributed by atoms with Gasteiger partial charge in [0.05, 0.1) is 46.9 Å². The fraction of sp³-hybridized carbons (Fsp3) is 0.484. The Labute approximate surface area is 266 Å². The number of phenols is 1. The minimum atomic E-state index is -1.37. The van der Waals surface area contributed by atoms with Crippen LogP contribution in [0.4, 0.5) is 0 Å². The molecule has 2 unspecified atom stereocenters. The van der Waals surface area contributed by atoms with Crippen LogP contribution in [0.25, 0.3) is 10.9 Å². The molecule has 230 valence electrons. The van der Waals surface area contributed by atoms with E-state index < -0.39 is 16.8 Å². The lowest BCUT2D eigenvalue weighted by molar-refractivity contribution is -0.127. The number of carbonyl (C=O) groups is 2. The van der Waals surface area contributed by atoms with E-state index in [-0.39, 0.29) is 35.4 Å². The van der Waals surface area contributed by atoms with E-state index in [0.717, 1.165) is 37.0 Å². The Kier molecular flexibility index (Phi) is 9.49. The summed E-state index contributed by atoms with van der Waals surface area (Å²) in [5.74, 6) is 0.517. The molecule has 12 heteroatoms. The van der Waals surface area contributed by atoms with Crippen molar-refractivity contribution in [3.8, 4) is 5.75 Å². The number of morpholine rings is 1. The Morgan fingerprint density at radius 1 is 1.21 bits per heavy atom. The fourth-order valence-corrected chi connectivity index (χ4v) is 8.83. The van der Waals surface area contributed by atoms with Gasteiger partial charge in [0.1, 0.15) is 11.1 Å². The summed E-state index contributed by atoms with van der Waals surface area (Å²) >= 11 is 5.15. The van der Waals surface area contributed by atoms with Gasteiger partial charge >= 0.3 is 5.97 Å². The van der Waals surface area contributed by atoms with E-state index in [1.165, 1.54) is 0 Å². The van der Waals surface area contributed by atoms with Crippen LogP contribution in [0, 0.1) is 0 Å². The average Bonchev–Trinajstić information content (AvgIpc) is 3.70. The van der Waals surface area contributed by atoms with Crippen molar-refractivity contribution >= 4 is 61.3 Å². The molecule has 1 amide bonds. The van der Waals surface area contributed by atoms with Gasteiger partial charge in [-0.3, -0.25) is 13.9 Å². The summed E-state index contributed by atoms with van der Waals surface area (Å²) in [5.41, 5.74) is 3.61. The molecule has 2 saturated heterocycles. The van der Waals surface area contributed by atoms with Crippen LogP contribution in [-0.4, -0.2) is 86.5 Å². The monoisotopic (exact) mass is 689 g/mol. The van der Waals surface area contributed by atoms with Crippen LogP contribution in [0.15, 0.2) is 40.9 Å². The maximum Gasteiger partial charge on any atom is 0.340 e. The van der Waals surface area contributed by atoms with Crippen LogP contribution < -0.4 is 0 Å². The van der Waals surface area contributed by atoms with Gasteiger partial charge in [-0.1, -0.05) is 30.3 Å². The van der Waals surface area contributed by atoms with Gasteiger partial charge in [0, 0.05) is 65.4 Å². The molecule has 1 N–H and O–H groups in total. The Morgan fingerprint density at radius 2 is 1.95 bits per heavy atom. The highest BCUT2D eigenvalue weighted by Gasteiger charge is 2.36. The quantitative estimate of drug-likeness (QED) is 0.282. The third-order valence-corrected chi connectivity index (χ3v) is 11.3. The number of aromatic nitrogens is 1. The molecule has 3 aliphatic rings. The van der Waals surface area contributed by atoms with Crippen LogP contribution in [0.5, 0.6) is 5.75 Å². The zero-order chi connectivity index (χ0) is 30.1. The van der Waals surface area contributed by atoms with Crippen molar-refractivity contribution in [3.63, 3.8) is 0 Å². The molecule has 0 bridgehead atoms. The number of benzene rings is 2. The number of hydrogen-bond donors (Lipinski definition) is 1. The number of amides is 1. The zero-order valence-electron chi connectivity index (χ0n) is 24.1. The van der Waals surface area contributed by atoms with E-state index in [1.54, 1.807) is 18.7 Å². The van der Waals surface area contributed by atoms with Gasteiger partial charge in [0.25, 0.3) is 0 Å². The van der Waals surface area contributed by atoms with E-state index in [9.17, 15) is 18.9 Å². The number of hydrogen-bond acceptors (Lipinski definition) is 8. The number of ether oxygens (including phenoxy) is 2. The van der Waals surface area contributed by atoms with Gasteiger partial charge in [0.2, 0.25) is 5.91 Å². The molecule has 2 atom stereocenters. The van der Waals surface area contributed by atoms with E-state index >= 15 is 0 Å². The number of esters is 1. The predicted octanol–water partition coefficient (Wildman–Crippen LogP) is 4.98. The molecule has 2 aliphatic heterocycles. The van der Waals surface area contributed by atoms with E-state index in [1.807, 2.05) is 41.3 Å². The first kappa shape index (κ1) is 30.6. The van der Waals surface area contributed by atoms with Crippen LogP contribution in [0.1, 0.15) is 58.4 Å². The Bertz CT molecular complexity index is 1540. The molecule has 1 aromatic heterocycles. The third-order valence-electron chi connectivity index (χ3n) is 8.21. The summed E-state index contributed by atoms with van der Waals surface area (Å²) in [4.78, 5) is 30.5. The average molecular weight is 691 g/mol. The third kappa shape index (κ3) is 6.40. The van der Waals surface area contributed by atoms with Crippen molar-refractivity contribution in [2.24, 2.45) is 0 Å². The summed E-state index contributed by atoms with van der Waals surface area (Å²) in [6.45, 7) is 5.45. The number of carbonyl (C=O) groups excluding carboxylic acids is 2. The number of rotatable bonds is 11. The van der Waals surface area contributed by atoms with Gasteiger partial charge in [-0.15, -0.1) is 11.8 Å². The highest BCUT2D eigenvalue weighted by Crippen LogP contribution is 2.46. The van der Waals surface area contributed by atoms with Crippen molar-refractivity contribution < 1.29 is 28.4 Å². The van der Waals surface area contributed by atoms with E-state index in [4.69, 9.17) is 9.47 Å². The molecule has 2 aromatic carbocycles. The molecule has 3 aromatic rings. The second-order valence-corrected chi connectivity index (χ2v) is 14.6. The number of phenolic OH excluding ortho intramolecular Hbond substituents is 1. The van der Waals surface area contributed by atoms with Crippen LogP contribution in [-0.2, 0) is 37.4 Å². The molecule has 0 spiro atoms. The first-order valence-corrected chi connectivity index (χ1v) is 18.1. The predicted molar refractivity (Wildman–Crippen MR) is 172 cm³/mol. The number of fused-ring (bicyclic) bond motifs is 1. The summed E-state index contributed by atoms with van der Waals surface area (Å²) in [5, 5.41) is 11.9. The van der Waals surface area contributed by atoms with Gasteiger partial charge in [0.15, 0.2) is 0 Å². The molecule has 1 aliphatic carbocycles. The number of nitrogens with zero attached hydrogens (tertiary/aromatic N) is 3. The lowest BCUT2D eigenvalue weighted by atomic mass is 10.0. The van der Waals surface area contributed by atoms with Gasteiger partial charge in [-0.2, -0.15) is 0 Å². The topological polar surface area (TPSA) is 101 Å². The SMILES string of the molecule is CCOC(=O)c1c(CS(=O)CCN2C(=O)CSC2c2ccccc2)n(C2CC2)c2cc(Br)c(O)c(CN3CCOCC3)c12. The second kappa shape index (κ2) is 13.3. The van der Waals surface area contributed by atoms with Crippen molar-refractivity contribution in [2.45, 2.75) is 43.5 Å².